The molecule has 1 aliphatic heterocycles. The zero-order valence-electron chi connectivity index (χ0n) is 17.5. The number of aromatic nitrogens is 1. The van der Waals surface area contributed by atoms with Gasteiger partial charge in [0.15, 0.2) is 11.7 Å². The molecule has 1 fully saturated rings. The summed E-state index contributed by atoms with van der Waals surface area (Å²) >= 11 is 7.15. The maximum atomic E-state index is 13.2. The van der Waals surface area contributed by atoms with Gasteiger partial charge in [-0.25, -0.2) is 4.98 Å². The third kappa shape index (κ3) is 4.79. The number of anilines is 1. The van der Waals surface area contributed by atoms with Crippen LogP contribution in [-0.4, -0.2) is 66.1 Å². The van der Waals surface area contributed by atoms with Gasteiger partial charge in [-0.05, 0) is 35.2 Å². The number of halogens is 1. The van der Waals surface area contributed by atoms with Crippen molar-refractivity contribution in [3.63, 3.8) is 0 Å². The molecule has 10 heteroatoms. The minimum Gasteiger partial charge on any atom is -0.474 e. The zero-order valence-corrected chi connectivity index (χ0v) is 19.1. The number of piperazine rings is 1. The van der Waals surface area contributed by atoms with Crippen molar-refractivity contribution in [1.29, 1.82) is 0 Å². The minimum atomic E-state index is -0.697. The number of carbonyl (C=O) groups is 2. The Balaban J connectivity index is 1.44. The van der Waals surface area contributed by atoms with Crippen molar-refractivity contribution in [3.8, 4) is 5.06 Å². The highest BCUT2D eigenvalue weighted by Crippen LogP contribution is 2.28. The summed E-state index contributed by atoms with van der Waals surface area (Å²) in [5.41, 5.74) is 6.90. The van der Waals surface area contributed by atoms with Crippen LogP contribution in [0.1, 0.15) is 5.56 Å². The number of nitrogen functional groups attached to an aromatic ring is 1. The van der Waals surface area contributed by atoms with Crippen molar-refractivity contribution in [2.24, 2.45) is 0 Å². The van der Waals surface area contributed by atoms with Crippen molar-refractivity contribution in [2.75, 3.05) is 39.1 Å². The summed E-state index contributed by atoms with van der Waals surface area (Å²) < 4.78 is 11.4. The molecule has 0 spiro atoms. The summed E-state index contributed by atoms with van der Waals surface area (Å²) in [7, 11) is 1.51. The molecule has 168 valence electrons. The van der Waals surface area contributed by atoms with Crippen molar-refractivity contribution in [2.45, 2.75) is 12.6 Å². The predicted molar refractivity (Wildman–Crippen MR) is 124 cm³/mol. The Morgan fingerprint density at radius 3 is 2.88 bits per heavy atom. The summed E-state index contributed by atoms with van der Waals surface area (Å²) in [6.45, 7) is 1.21. The SMILES string of the molecule is COCC1C(=O)N(Cc2ccc3c(N)nccc3c2)CCN1C(=O)COc1ccc(Cl)s1. The fourth-order valence-electron chi connectivity index (χ4n) is 3.77. The Morgan fingerprint density at radius 2 is 2.12 bits per heavy atom. The van der Waals surface area contributed by atoms with Crippen LogP contribution in [0.3, 0.4) is 0 Å². The van der Waals surface area contributed by atoms with Crippen LogP contribution in [0.5, 0.6) is 5.06 Å². The van der Waals surface area contributed by atoms with Gasteiger partial charge in [-0.3, -0.25) is 9.59 Å². The van der Waals surface area contributed by atoms with Gasteiger partial charge in [0, 0.05) is 38.3 Å². The lowest BCUT2D eigenvalue weighted by molar-refractivity contribution is -0.155. The molecule has 0 saturated carbocycles. The zero-order chi connectivity index (χ0) is 22.7. The van der Waals surface area contributed by atoms with E-state index in [1.807, 2.05) is 24.3 Å². The molecular weight excluding hydrogens is 452 g/mol. The van der Waals surface area contributed by atoms with E-state index < -0.39 is 6.04 Å². The second-order valence-corrected chi connectivity index (χ2v) is 9.09. The Kier molecular flexibility index (Phi) is 6.78. The van der Waals surface area contributed by atoms with Crippen molar-refractivity contribution in [1.82, 2.24) is 14.8 Å². The van der Waals surface area contributed by atoms with Crippen LogP contribution >= 0.6 is 22.9 Å². The van der Waals surface area contributed by atoms with E-state index in [9.17, 15) is 9.59 Å². The normalized spacial score (nSPS) is 16.6. The highest BCUT2D eigenvalue weighted by atomic mass is 35.5. The van der Waals surface area contributed by atoms with E-state index in [-0.39, 0.29) is 25.0 Å². The molecular formula is C22H23ClN4O4S. The molecule has 1 saturated heterocycles. The van der Waals surface area contributed by atoms with Gasteiger partial charge in [0.2, 0.25) is 5.91 Å². The molecule has 2 N–H and O–H groups in total. The van der Waals surface area contributed by atoms with Crippen LogP contribution in [-0.2, 0) is 20.9 Å². The fraction of sp³-hybridized carbons (Fsp3) is 0.318. The molecule has 8 nitrogen and oxygen atoms in total. The van der Waals surface area contributed by atoms with E-state index in [1.165, 1.54) is 23.3 Å². The highest BCUT2D eigenvalue weighted by Gasteiger charge is 2.37. The largest absolute Gasteiger partial charge is 0.474 e. The first-order chi connectivity index (χ1) is 15.5. The number of hydrogen-bond acceptors (Lipinski definition) is 7. The van der Waals surface area contributed by atoms with E-state index in [2.05, 4.69) is 4.98 Å². The van der Waals surface area contributed by atoms with E-state index in [0.29, 0.717) is 34.9 Å². The number of fused-ring (bicyclic) bond motifs is 1. The number of rotatable bonds is 7. The van der Waals surface area contributed by atoms with Gasteiger partial charge in [0.1, 0.15) is 11.9 Å². The molecule has 0 bridgehead atoms. The van der Waals surface area contributed by atoms with Gasteiger partial charge in [0.05, 0.1) is 10.9 Å². The monoisotopic (exact) mass is 474 g/mol. The summed E-state index contributed by atoms with van der Waals surface area (Å²) in [5, 5.41) is 2.40. The number of nitrogens with zero attached hydrogens (tertiary/aromatic N) is 3. The van der Waals surface area contributed by atoms with Crippen molar-refractivity contribution < 1.29 is 19.1 Å². The quantitative estimate of drug-likeness (QED) is 0.565. The molecule has 32 heavy (non-hydrogen) atoms. The van der Waals surface area contributed by atoms with Crippen LogP contribution in [0.2, 0.25) is 4.34 Å². The molecule has 1 unspecified atom stereocenters. The number of amides is 2. The van der Waals surface area contributed by atoms with Gasteiger partial charge in [0.25, 0.3) is 5.91 Å². The standard InChI is InChI=1S/C22H23ClN4O4S/c1-30-12-17-22(29)26(11-14-2-3-16-15(10-14)6-7-25-21(16)24)8-9-27(17)19(28)13-31-20-5-4-18(23)32-20/h2-7,10,17H,8-9,11-13H2,1H3,(H2,24,25). The highest BCUT2D eigenvalue weighted by molar-refractivity contribution is 7.17. The molecule has 1 aromatic carbocycles. The number of ether oxygens (including phenoxy) is 2. The molecule has 3 aromatic rings. The second kappa shape index (κ2) is 9.72. The molecule has 3 heterocycles. The van der Waals surface area contributed by atoms with Gasteiger partial charge >= 0.3 is 0 Å². The first-order valence-corrected chi connectivity index (χ1v) is 11.2. The summed E-state index contributed by atoms with van der Waals surface area (Å²) in [6.07, 6.45) is 1.66. The number of benzene rings is 1. The average Bonchev–Trinajstić information content (AvgIpc) is 3.20. The lowest BCUT2D eigenvalue weighted by atomic mass is 10.1. The van der Waals surface area contributed by atoms with Gasteiger partial charge in [-0.2, -0.15) is 0 Å². The smallest absolute Gasteiger partial charge is 0.261 e. The number of thiophene rings is 1. The first kappa shape index (κ1) is 22.3. The molecule has 2 amide bonds. The third-order valence-electron chi connectivity index (χ3n) is 5.35. The van der Waals surface area contributed by atoms with Crippen molar-refractivity contribution in [3.05, 3.63) is 52.5 Å². The fourth-order valence-corrected chi connectivity index (χ4v) is 4.65. The summed E-state index contributed by atoms with van der Waals surface area (Å²) in [5.74, 6) is 0.0580. The molecule has 1 aliphatic rings. The predicted octanol–water partition coefficient (Wildman–Crippen LogP) is 2.80. The maximum Gasteiger partial charge on any atom is 0.261 e. The third-order valence-corrected chi connectivity index (χ3v) is 6.49. The van der Waals surface area contributed by atoms with Crippen LogP contribution in [0.15, 0.2) is 42.6 Å². The maximum absolute atomic E-state index is 13.2. The summed E-state index contributed by atoms with van der Waals surface area (Å²) in [6, 6.07) is 10.5. The van der Waals surface area contributed by atoms with Crippen LogP contribution < -0.4 is 10.5 Å². The Bertz CT molecular complexity index is 1140. The lowest BCUT2D eigenvalue weighted by Crippen LogP contribution is -2.60. The van der Waals surface area contributed by atoms with Crippen LogP contribution in [0, 0.1) is 0 Å². The lowest BCUT2D eigenvalue weighted by Gasteiger charge is -2.40. The molecule has 0 radical (unpaired) electrons. The molecule has 1 atom stereocenters. The van der Waals surface area contributed by atoms with E-state index in [0.717, 1.165) is 16.3 Å². The minimum absolute atomic E-state index is 0.117. The van der Waals surface area contributed by atoms with E-state index in [4.69, 9.17) is 26.8 Å². The Morgan fingerprint density at radius 1 is 1.28 bits per heavy atom. The Labute approximate surface area is 194 Å². The molecule has 0 aliphatic carbocycles. The molecule has 4 rings (SSSR count). The van der Waals surface area contributed by atoms with E-state index in [1.54, 1.807) is 23.2 Å². The first-order valence-electron chi connectivity index (χ1n) is 10.0. The summed E-state index contributed by atoms with van der Waals surface area (Å²) in [4.78, 5) is 33.4. The van der Waals surface area contributed by atoms with Gasteiger partial charge < -0.3 is 25.0 Å². The van der Waals surface area contributed by atoms with Crippen molar-refractivity contribution >= 4 is 51.3 Å². The number of methoxy groups -OCH3 is 1. The number of nitrogens with two attached hydrogens (primary N) is 1. The van der Waals surface area contributed by atoms with Gasteiger partial charge in [-0.1, -0.05) is 35.1 Å². The van der Waals surface area contributed by atoms with Gasteiger partial charge in [-0.15, -0.1) is 0 Å². The number of hydrogen-bond donors (Lipinski definition) is 1. The number of carbonyl (C=O) groups excluding carboxylic acids is 2. The van der Waals surface area contributed by atoms with Crippen LogP contribution in [0.4, 0.5) is 5.82 Å². The second-order valence-electron chi connectivity index (χ2n) is 7.42. The topological polar surface area (TPSA) is 98.0 Å². The van der Waals surface area contributed by atoms with E-state index >= 15 is 0 Å². The Hall–Kier alpha value is -2.88. The van der Waals surface area contributed by atoms with Crippen LogP contribution in [0.25, 0.3) is 10.8 Å². The number of pyridine rings is 1. The average molecular weight is 475 g/mol. The molecule has 2 aromatic heterocycles.